The van der Waals surface area contributed by atoms with E-state index in [1.54, 1.807) is 0 Å². The lowest BCUT2D eigenvalue weighted by Crippen LogP contribution is -2.37. The van der Waals surface area contributed by atoms with Crippen molar-refractivity contribution in [2.24, 2.45) is 0 Å². The summed E-state index contributed by atoms with van der Waals surface area (Å²) in [6.07, 6.45) is 7.05. The van der Waals surface area contributed by atoms with E-state index >= 15 is 0 Å². The van der Waals surface area contributed by atoms with Crippen molar-refractivity contribution in [3.05, 3.63) is 28.8 Å². The molecule has 0 aromatic heterocycles. The predicted molar refractivity (Wildman–Crippen MR) is 85.3 cm³/mol. The van der Waals surface area contributed by atoms with Crippen molar-refractivity contribution < 1.29 is 9.90 Å². The standard InChI is InChI=1S/C17H22ClNO2/c18-13-6-7-15(19-10-4-1-5-11-19)14(12-13)17(16(20)21)8-2-3-9-17/h6-7,12H,1-5,8-11H2,(H,20,21). The molecule has 3 rings (SSSR count). The normalized spacial score (nSPS) is 21.5. The molecule has 0 unspecified atom stereocenters. The zero-order valence-corrected chi connectivity index (χ0v) is 13.0. The lowest BCUT2D eigenvalue weighted by Gasteiger charge is -2.35. The van der Waals surface area contributed by atoms with Gasteiger partial charge in [0.05, 0.1) is 5.41 Å². The summed E-state index contributed by atoms with van der Waals surface area (Å²) in [4.78, 5) is 14.4. The highest BCUT2D eigenvalue weighted by molar-refractivity contribution is 6.30. The van der Waals surface area contributed by atoms with Crippen LogP contribution in [0.4, 0.5) is 5.69 Å². The molecule has 0 spiro atoms. The van der Waals surface area contributed by atoms with Gasteiger partial charge in [0, 0.05) is 23.8 Å². The number of benzene rings is 1. The summed E-state index contributed by atoms with van der Waals surface area (Å²) in [6.45, 7) is 2.04. The molecule has 3 nitrogen and oxygen atoms in total. The quantitative estimate of drug-likeness (QED) is 0.908. The van der Waals surface area contributed by atoms with Gasteiger partial charge in [-0.15, -0.1) is 0 Å². The molecule has 1 aromatic carbocycles. The Labute approximate surface area is 130 Å². The molecule has 0 amide bonds. The predicted octanol–water partition coefficient (Wildman–Crippen LogP) is 4.23. The highest BCUT2D eigenvalue weighted by Gasteiger charge is 2.45. The largest absolute Gasteiger partial charge is 0.481 e. The van der Waals surface area contributed by atoms with Crippen LogP contribution in [-0.4, -0.2) is 24.2 Å². The summed E-state index contributed by atoms with van der Waals surface area (Å²) < 4.78 is 0. The summed E-state index contributed by atoms with van der Waals surface area (Å²) in [5.41, 5.74) is 1.28. The summed E-state index contributed by atoms with van der Waals surface area (Å²) in [5, 5.41) is 10.5. The number of carbonyl (C=O) groups is 1. The number of carboxylic acids is 1. The van der Waals surface area contributed by atoms with Crippen molar-refractivity contribution in [1.82, 2.24) is 0 Å². The molecule has 2 fully saturated rings. The minimum atomic E-state index is -0.738. The summed E-state index contributed by atoms with van der Waals surface area (Å²) in [6, 6.07) is 5.80. The van der Waals surface area contributed by atoms with Gasteiger partial charge in [-0.3, -0.25) is 4.79 Å². The lowest BCUT2D eigenvalue weighted by molar-refractivity contribution is -0.143. The Bertz CT molecular complexity index is 532. The molecule has 1 aliphatic carbocycles. The second kappa shape index (κ2) is 5.88. The van der Waals surface area contributed by atoms with E-state index in [2.05, 4.69) is 4.90 Å². The van der Waals surface area contributed by atoms with E-state index in [4.69, 9.17) is 11.6 Å². The van der Waals surface area contributed by atoms with Crippen LogP contribution < -0.4 is 4.90 Å². The molecule has 2 aliphatic rings. The van der Waals surface area contributed by atoms with Gasteiger partial charge >= 0.3 is 5.97 Å². The number of piperidine rings is 1. The minimum Gasteiger partial charge on any atom is -0.481 e. The number of hydrogen-bond donors (Lipinski definition) is 1. The smallest absolute Gasteiger partial charge is 0.314 e. The molecule has 4 heteroatoms. The second-order valence-corrected chi connectivity index (χ2v) is 6.74. The van der Waals surface area contributed by atoms with E-state index in [1.807, 2.05) is 18.2 Å². The van der Waals surface area contributed by atoms with Crippen molar-refractivity contribution >= 4 is 23.3 Å². The first-order valence-electron chi connectivity index (χ1n) is 7.92. The summed E-state index contributed by atoms with van der Waals surface area (Å²) in [7, 11) is 0. The maximum atomic E-state index is 12.0. The van der Waals surface area contributed by atoms with Gasteiger partial charge in [-0.25, -0.2) is 0 Å². The molecule has 1 aliphatic heterocycles. The Morgan fingerprint density at radius 2 is 1.76 bits per heavy atom. The van der Waals surface area contributed by atoms with Gasteiger partial charge in [-0.1, -0.05) is 24.4 Å². The molecule has 1 saturated heterocycles. The van der Waals surface area contributed by atoms with Crippen molar-refractivity contribution in [3.8, 4) is 0 Å². The number of aliphatic carboxylic acids is 1. The van der Waals surface area contributed by atoms with Crippen LogP contribution in [0.5, 0.6) is 0 Å². The van der Waals surface area contributed by atoms with Gasteiger partial charge in [-0.05, 0) is 55.9 Å². The first-order valence-corrected chi connectivity index (χ1v) is 8.30. The number of carboxylic acid groups (broad SMARTS) is 1. The fourth-order valence-electron chi connectivity index (χ4n) is 3.88. The minimum absolute atomic E-state index is 0.637. The monoisotopic (exact) mass is 307 g/mol. The van der Waals surface area contributed by atoms with Gasteiger partial charge in [0.2, 0.25) is 0 Å². The van der Waals surface area contributed by atoms with Crippen LogP contribution in [0.2, 0.25) is 5.02 Å². The number of anilines is 1. The van der Waals surface area contributed by atoms with Gasteiger partial charge in [0.1, 0.15) is 0 Å². The fraction of sp³-hybridized carbons (Fsp3) is 0.588. The molecule has 1 N–H and O–H groups in total. The van der Waals surface area contributed by atoms with Crippen molar-refractivity contribution in [2.45, 2.75) is 50.4 Å². The SMILES string of the molecule is O=C(O)C1(c2cc(Cl)ccc2N2CCCCC2)CCCC1. The van der Waals surface area contributed by atoms with Crippen LogP contribution in [0.15, 0.2) is 18.2 Å². The third kappa shape index (κ3) is 2.64. The first-order chi connectivity index (χ1) is 10.1. The van der Waals surface area contributed by atoms with Crippen LogP contribution in [0.3, 0.4) is 0 Å². The van der Waals surface area contributed by atoms with E-state index in [1.165, 1.54) is 19.3 Å². The summed E-state index contributed by atoms with van der Waals surface area (Å²) in [5.74, 6) is -0.694. The molecule has 114 valence electrons. The van der Waals surface area contributed by atoms with E-state index in [0.29, 0.717) is 5.02 Å². The first kappa shape index (κ1) is 14.7. The molecule has 21 heavy (non-hydrogen) atoms. The maximum absolute atomic E-state index is 12.0. The molecule has 0 atom stereocenters. The Balaban J connectivity index is 2.07. The third-order valence-electron chi connectivity index (χ3n) is 5.04. The number of rotatable bonds is 3. The average Bonchev–Trinajstić information content (AvgIpc) is 2.99. The Hall–Kier alpha value is -1.22. The van der Waals surface area contributed by atoms with Gasteiger partial charge in [0.15, 0.2) is 0 Å². The van der Waals surface area contributed by atoms with Crippen molar-refractivity contribution in [3.63, 3.8) is 0 Å². The highest BCUT2D eigenvalue weighted by atomic mass is 35.5. The number of halogens is 1. The second-order valence-electron chi connectivity index (χ2n) is 6.30. The van der Waals surface area contributed by atoms with Gasteiger partial charge in [-0.2, -0.15) is 0 Å². The highest BCUT2D eigenvalue weighted by Crippen LogP contribution is 2.46. The Morgan fingerprint density at radius 1 is 1.10 bits per heavy atom. The molecule has 1 saturated carbocycles. The Kier molecular flexibility index (Phi) is 4.12. The van der Waals surface area contributed by atoms with Gasteiger partial charge < -0.3 is 10.0 Å². The number of hydrogen-bond acceptors (Lipinski definition) is 2. The van der Waals surface area contributed by atoms with Gasteiger partial charge in [0.25, 0.3) is 0 Å². The van der Waals surface area contributed by atoms with Crippen molar-refractivity contribution in [1.29, 1.82) is 0 Å². The van der Waals surface area contributed by atoms with Crippen LogP contribution >= 0.6 is 11.6 Å². The zero-order chi connectivity index (χ0) is 14.9. The molecular weight excluding hydrogens is 286 g/mol. The molecule has 0 bridgehead atoms. The third-order valence-corrected chi connectivity index (χ3v) is 5.27. The van der Waals surface area contributed by atoms with Crippen LogP contribution in [0.25, 0.3) is 0 Å². The molecule has 1 heterocycles. The maximum Gasteiger partial charge on any atom is 0.314 e. The lowest BCUT2D eigenvalue weighted by atomic mass is 9.77. The van der Waals surface area contributed by atoms with Crippen molar-refractivity contribution in [2.75, 3.05) is 18.0 Å². The van der Waals surface area contributed by atoms with E-state index in [0.717, 1.165) is 50.0 Å². The van der Waals surface area contributed by atoms with E-state index in [9.17, 15) is 9.90 Å². The zero-order valence-electron chi connectivity index (χ0n) is 12.3. The average molecular weight is 308 g/mol. The van der Waals surface area contributed by atoms with Crippen LogP contribution in [0.1, 0.15) is 50.5 Å². The Morgan fingerprint density at radius 3 is 2.38 bits per heavy atom. The summed E-state index contributed by atoms with van der Waals surface area (Å²) >= 11 is 6.19. The van der Waals surface area contributed by atoms with E-state index in [-0.39, 0.29) is 0 Å². The number of nitrogens with zero attached hydrogens (tertiary/aromatic N) is 1. The van der Waals surface area contributed by atoms with Crippen LogP contribution in [0, 0.1) is 0 Å². The molecular formula is C17H22ClNO2. The van der Waals surface area contributed by atoms with E-state index < -0.39 is 11.4 Å². The van der Waals surface area contributed by atoms with Crippen LogP contribution in [-0.2, 0) is 10.2 Å². The fourth-order valence-corrected chi connectivity index (χ4v) is 4.05. The topological polar surface area (TPSA) is 40.5 Å². The molecule has 1 aromatic rings. The molecule has 0 radical (unpaired) electrons.